The fraction of sp³-hybridized carbons (Fsp3) is 0.130. The van der Waals surface area contributed by atoms with Crippen molar-refractivity contribution in [3.05, 3.63) is 101 Å². The molecule has 0 aromatic heterocycles. The molecule has 0 saturated heterocycles. The van der Waals surface area contributed by atoms with Crippen molar-refractivity contribution in [1.82, 2.24) is 9.73 Å². The molecular formula is C23H22FN3O3S. The smallest absolute Gasteiger partial charge is 0.267 e. The van der Waals surface area contributed by atoms with Gasteiger partial charge in [-0.3, -0.25) is 4.79 Å². The Balaban J connectivity index is 1.61. The van der Waals surface area contributed by atoms with Crippen molar-refractivity contribution >= 4 is 22.1 Å². The van der Waals surface area contributed by atoms with Gasteiger partial charge < -0.3 is 0 Å². The molecule has 0 aliphatic rings. The maximum absolute atomic E-state index is 13.1. The number of aryl methyl sites for hydroxylation is 1. The van der Waals surface area contributed by atoms with Crippen molar-refractivity contribution < 1.29 is 17.6 Å². The van der Waals surface area contributed by atoms with E-state index >= 15 is 0 Å². The van der Waals surface area contributed by atoms with E-state index in [-0.39, 0.29) is 17.3 Å². The molecule has 0 atom stereocenters. The second-order valence-corrected chi connectivity index (χ2v) is 9.07. The van der Waals surface area contributed by atoms with Gasteiger partial charge >= 0.3 is 0 Å². The number of carbonyl (C=O) groups excluding carboxylic acids is 1. The summed E-state index contributed by atoms with van der Waals surface area (Å²) < 4.78 is 39.8. The van der Waals surface area contributed by atoms with Gasteiger partial charge in [0.15, 0.2) is 0 Å². The summed E-state index contributed by atoms with van der Waals surface area (Å²) in [7, 11) is -2.10. The lowest BCUT2D eigenvalue weighted by atomic mass is 10.1. The molecular weight excluding hydrogens is 417 g/mol. The highest BCUT2D eigenvalue weighted by atomic mass is 32.2. The van der Waals surface area contributed by atoms with Crippen LogP contribution in [0, 0.1) is 12.7 Å². The highest BCUT2D eigenvalue weighted by Crippen LogP contribution is 2.17. The van der Waals surface area contributed by atoms with E-state index in [1.54, 1.807) is 60.7 Å². The normalized spacial score (nSPS) is 11.7. The van der Waals surface area contributed by atoms with Crippen molar-refractivity contribution in [3.8, 4) is 0 Å². The Bertz CT molecular complexity index is 1190. The van der Waals surface area contributed by atoms with Gasteiger partial charge in [-0.05, 0) is 54.4 Å². The molecule has 3 rings (SSSR count). The fourth-order valence-electron chi connectivity index (χ4n) is 2.81. The summed E-state index contributed by atoms with van der Waals surface area (Å²) in [6.07, 6.45) is 1.35. The van der Waals surface area contributed by atoms with Crippen LogP contribution in [0.3, 0.4) is 0 Å². The zero-order valence-corrected chi connectivity index (χ0v) is 17.9. The largest absolute Gasteiger partial charge is 0.271 e. The number of sulfonamides is 1. The van der Waals surface area contributed by atoms with E-state index in [1.165, 1.54) is 29.7 Å². The topological polar surface area (TPSA) is 78.8 Å². The number of benzene rings is 3. The van der Waals surface area contributed by atoms with Gasteiger partial charge in [-0.1, -0.05) is 42.0 Å². The summed E-state index contributed by atoms with van der Waals surface area (Å²) in [5.74, 6) is -0.819. The van der Waals surface area contributed by atoms with Crippen molar-refractivity contribution in [2.24, 2.45) is 5.10 Å². The van der Waals surface area contributed by atoms with Gasteiger partial charge in [-0.2, -0.15) is 9.41 Å². The predicted octanol–water partition coefficient (Wildman–Crippen LogP) is 3.72. The fourth-order valence-corrected chi connectivity index (χ4v) is 3.97. The van der Waals surface area contributed by atoms with Gasteiger partial charge in [0.2, 0.25) is 10.0 Å². The molecule has 3 aromatic rings. The first-order valence-corrected chi connectivity index (χ1v) is 10.9. The van der Waals surface area contributed by atoms with Crippen LogP contribution in [0.15, 0.2) is 82.8 Å². The molecule has 0 saturated carbocycles. The van der Waals surface area contributed by atoms with Crippen LogP contribution in [-0.4, -0.2) is 31.9 Å². The molecule has 0 aliphatic heterocycles. The first kappa shape index (κ1) is 22.3. The average Bonchev–Trinajstić information content (AvgIpc) is 2.74. The molecule has 3 aromatic carbocycles. The summed E-state index contributed by atoms with van der Waals surface area (Å²) in [6.45, 7) is 2.06. The van der Waals surface area contributed by atoms with Crippen LogP contribution >= 0.6 is 0 Å². The third-order valence-electron chi connectivity index (χ3n) is 4.58. The Morgan fingerprint density at radius 1 is 1.06 bits per heavy atom. The van der Waals surface area contributed by atoms with E-state index in [0.717, 1.165) is 11.1 Å². The van der Waals surface area contributed by atoms with Crippen LogP contribution in [0.1, 0.15) is 27.0 Å². The highest BCUT2D eigenvalue weighted by Gasteiger charge is 2.20. The molecule has 160 valence electrons. The zero-order chi connectivity index (χ0) is 22.4. The van der Waals surface area contributed by atoms with Crippen LogP contribution in [0.2, 0.25) is 0 Å². The van der Waals surface area contributed by atoms with E-state index in [4.69, 9.17) is 0 Å². The Hall–Kier alpha value is -3.36. The lowest BCUT2D eigenvalue weighted by molar-refractivity contribution is 0.0955. The van der Waals surface area contributed by atoms with Crippen molar-refractivity contribution in [2.75, 3.05) is 7.05 Å². The number of hydrogen-bond acceptors (Lipinski definition) is 4. The number of halogens is 1. The van der Waals surface area contributed by atoms with E-state index < -0.39 is 15.9 Å². The minimum atomic E-state index is -3.61. The van der Waals surface area contributed by atoms with Gasteiger partial charge in [0.05, 0.1) is 11.1 Å². The van der Waals surface area contributed by atoms with E-state index in [2.05, 4.69) is 10.5 Å². The minimum absolute atomic E-state index is 0.163. The van der Waals surface area contributed by atoms with Crippen LogP contribution in [0.25, 0.3) is 0 Å². The second-order valence-electron chi connectivity index (χ2n) is 7.03. The second kappa shape index (κ2) is 9.63. The molecule has 0 bridgehead atoms. The first-order valence-electron chi connectivity index (χ1n) is 9.46. The van der Waals surface area contributed by atoms with Crippen molar-refractivity contribution in [1.29, 1.82) is 0 Å². The number of carbonyl (C=O) groups is 1. The zero-order valence-electron chi connectivity index (χ0n) is 17.1. The number of hydrazone groups is 1. The number of rotatable bonds is 7. The maximum atomic E-state index is 13.1. The summed E-state index contributed by atoms with van der Waals surface area (Å²) in [4.78, 5) is 12.4. The van der Waals surface area contributed by atoms with Gasteiger partial charge in [0.1, 0.15) is 5.82 Å². The third-order valence-corrected chi connectivity index (χ3v) is 6.40. The maximum Gasteiger partial charge on any atom is 0.271 e. The Morgan fingerprint density at radius 2 is 1.74 bits per heavy atom. The molecule has 6 nitrogen and oxygen atoms in total. The third kappa shape index (κ3) is 5.84. The molecule has 8 heteroatoms. The standard InChI is InChI=1S/C23H22FN3O3S/c1-17-6-12-22(13-7-17)31(29,30)27(2)16-18-8-10-20(11-9-18)23(28)26-25-15-19-4-3-5-21(24)14-19/h3-15H,16H2,1-2H3,(H,26,28). The lowest BCUT2D eigenvalue weighted by Crippen LogP contribution is -2.26. The van der Waals surface area contributed by atoms with Gasteiger partial charge in [0.25, 0.3) is 5.91 Å². The van der Waals surface area contributed by atoms with E-state index in [0.29, 0.717) is 11.1 Å². The van der Waals surface area contributed by atoms with E-state index in [1.807, 2.05) is 6.92 Å². The number of amides is 1. The lowest BCUT2D eigenvalue weighted by Gasteiger charge is -2.17. The summed E-state index contributed by atoms with van der Waals surface area (Å²) in [6, 6.07) is 19.1. The number of hydrogen-bond donors (Lipinski definition) is 1. The molecule has 31 heavy (non-hydrogen) atoms. The molecule has 0 radical (unpaired) electrons. The van der Waals surface area contributed by atoms with Crippen LogP contribution in [0.4, 0.5) is 4.39 Å². The van der Waals surface area contributed by atoms with E-state index in [9.17, 15) is 17.6 Å². The van der Waals surface area contributed by atoms with Crippen LogP contribution in [-0.2, 0) is 16.6 Å². The van der Waals surface area contributed by atoms with Gasteiger partial charge in [-0.15, -0.1) is 0 Å². The molecule has 0 heterocycles. The predicted molar refractivity (Wildman–Crippen MR) is 118 cm³/mol. The van der Waals surface area contributed by atoms with Crippen LogP contribution < -0.4 is 5.43 Å². The monoisotopic (exact) mass is 439 g/mol. The Kier molecular flexibility index (Phi) is 6.94. The Labute approximate surface area is 181 Å². The molecule has 0 unspecified atom stereocenters. The van der Waals surface area contributed by atoms with Crippen molar-refractivity contribution in [3.63, 3.8) is 0 Å². The van der Waals surface area contributed by atoms with Gasteiger partial charge in [0, 0.05) is 19.2 Å². The quantitative estimate of drug-likeness (QED) is 0.450. The SMILES string of the molecule is Cc1ccc(S(=O)(=O)N(C)Cc2ccc(C(=O)NN=Cc3cccc(F)c3)cc2)cc1. The molecule has 0 fully saturated rings. The van der Waals surface area contributed by atoms with Crippen LogP contribution in [0.5, 0.6) is 0 Å². The molecule has 1 amide bonds. The molecule has 0 spiro atoms. The van der Waals surface area contributed by atoms with Crippen molar-refractivity contribution in [2.45, 2.75) is 18.4 Å². The first-order chi connectivity index (χ1) is 14.8. The number of nitrogens with zero attached hydrogens (tertiary/aromatic N) is 2. The average molecular weight is 440 g/mol. The summed E-state index contributed by atoms with van der Waals surface area (Å²) >= 11 is 0. The minimum Gasteiger partial charge on any atom is -0.267 e. The number of nitrogens with one attached hydrogen (secondary N) is 1. The summed E-state index contributed by atoms with van der Waals surface area (Å²) in [5.41, 5.74) is 4.98. The highest BCUT2D eigenvalue weighted by molar-refractivity contribution is 7.89. The molecule has 1 N–H and O–H groups in total. The Morgan fingerprint density at radius 3 is 2.39 bits per heavy atom. The molecule has 0 aliphatic carbocycles. The van der Waals surface area contributed by atoms with Gasteiger partial charge in [-0.25, -0.2) is 18.2 Å². The summed E-state index contributed by atoms with van der Waals surface area (Å²) in [5, 5.41) is 3.82.